The summed E-state index contributed by atoms with van der Waals surface area (Å²) < 4.78 is 14.6. The van der Waals surface area contributed by atoms with Gasteiger partial charge in [-0.2, -0.15) is 0 Å². The Hall–Kier alpha value is -4.57. The quantitative estimate of drug-likeness (QED) is 0.186. The second-order valence-corrected chi connectivity index (χ2v) is 14.7. The number of aliphatic hydroxyl groups is 1. The molecule has 0 saturated heterocycles. The Bertz CT molecular complexity index is 1620. The molecule has 50 heavy (non-hydrogen) atoms. The van der Waals surface area contributed by atoms with Crippen LogP contribution in [0.3, 0.4) is 0 Å². The van der Waals surface area contributed by atoms with Gasteiger partial charge >= 0.3 is 12.2 Å². The summed E-state index contributed by atoms with van der Waals surface area (Å²) in [5.74, 6) is -11.6. The Balaban J connectivity index is 1.77. The third-order valence-electron chi connectivity index (χ3n) is 9.50. The van der Waals surface area contributed by atoms with E-state index in [2.05, 4.69) is 4.74 Å². The molecule has 0 radical (unpaired) electrons. The van der Waals surface area contributed by atoms with Crippen LogP contribution in [0.5, 0.6) is 5.75 Å². The number of phenols is 1. The van der Waals surface area contributed by atoms with Gasteiger partial charge in [-0.15, -0.1) is 0 Å². The summed E-state index contributed by atoms with van der Waals surface area (Å²) in [6, 6.07) is 0.408. The van der Waals surface area contributed by atoms with Gasteiger partial charge in [0.15, 0.2) is 34.7 Å². The molecular weight excluding hydrogens is 656 g/mol. The van der Waals surface area contributed by atoms with Crippen molar-refractivity contribution in [3.63, 3.8) is 0 Å². The molecule has 2 fully saturated rings. The van der Waals surface area contributed by atoms with Gasteiger partial charge in [0.05, 0.1) is 30.7 Å². The fourth-order valence-corrected chi connectivity index (χ4v) is 7.57. The number of ether oxygens (including phenoxy) is 3. The SMILES string of the molecule is CCOC(=O)OCOC(=O)N(Cc1cc(N(C)C)c2c(c1O)C(=O)C1C(=O)[C@]3(O)C(=O)C(C(N)=O)C(=O)[C@@H](N(C)C)[C@@H]3C[C@@H]1C2)CC(C)(C)C. The molecule has 16 nitrogen and oxygen atoms in total. The van der Waals surface area contributed by atoms with Crippen LogP contribution in [0.4, 0.5) is 15.3 Å². The van der Waals surface area contributed by atoms with Gasteiger partial charge < -0.3 is 40.0 Å². The van der Waals surface area contributed by atoms with Crippen molar-refractivity contribution in [3.05, 3.63) is 22.8 Å². The van der Waals surface area contributed by atoms with Gasteiger partial charge in [0.25, 0.3) is 0 Å². The van der Waals surface area contributed by atoms with Crippen LogP contribution in [0.2, 0.25) is 0 Å². The number of fused-ring (bicyclic) bond motifs is 3. The molecule has 16 heteroatoms. The monoisotopic (exact) mass is 702 g/mol. The van der Waals surface area contributed by atoms with Gasteiger partial charge in [0.2, 0.25) is 12.7 Å². The zero-order valence-electron chi connectivity index (χ0n) is 29.6. The van der Waals surface area contributed by atoms with Crippen LogP contribution >= 0.6 is 0 Å². The van der Waals surface area contributed by atoms with Crippen LogP contribution in [0, 0.1) is 29.1 Å². The maximum absolute atomic E-state index is 14.4. The molecule has 3 aliphatic rings. The lowest BCUT2D eigenvalue weighted by atomic mass is 9.52. The number of primary amides is 1. The first-order valence-electron chi connectivity index (χ1n) is 16.3. The number of nitrogens with zero attached hydrogens (tertiary/aromatic N) is 3. The summed E-state index contributed by atoms with van der Waals surface area (Å²) >= 11 is 0. The Morgan fingerprint density at radius 3 is 2.20 bits per heavy atom. The van der Waals surface area contributed by atoms with Crippen LogP contribution < -0.4 is 10.6 Å². The van der Waals surface area contributed by atoms with E-state index in [0.717, 1.165) is 0 Å². The highest BCUT2D eigenvalue weighted by Gasteiger charge is 2.69. The van der Waals surface area contributed by atoms with Gasteiger partial charge in [-0.1, -0.05) is 20.8 Å². The van der Waals surface area contributed by atoms with Crippen LogP contribution in [0.1, 0.15) is 55.6 Å². The molecule has 4 N–H and O–H groups in total. The van der Waals surface area contributed by atoms with Crippen molar-refractivity contribution < 1.29 is 58.0 Å². The van der Waals surface area contributed by atoms with E-state index in [0.29, 0.717) is 11.3 Å². The molecule has 2 unspecified atom stereocenters. The fourth-order valence-electron chi connectivity index (χ4n) is 7.57. The number of anilines is 1. The smallest absolute Gasteiger partial charge is 0.507 e. The van der Waals surface area contributed by atoms with E-state index in [4.69, 9.17) is 15.2 Å². The highest BCUT2D eigenvalue weighted by Crippen LogP contribution is 2.52. The first-order chi connectivity index (χ1) is 23.2. The highest BCUT2D eigenvalue weighted by molar-refractivity contribution is 6.32. The molecule has 2 amide bonds. The molecule has 6 atom stereocenters. The Labute approximate surface area is 289 Å². The topological polar surface area (TPSA) is 223 Å². The number of rotatable bonds is 9. The Morgan fingerprint density at radius 1 is 1.02 bits per heavy atom. The van der Waals surface area contributed by atoms with E-state index in [1.807, 2.05) is 20.8 Å². The van der Waals surface area contributed by atoms with Crippen LogP contribution in [0.15, 0.2) is 6.07 Å². The highest BCUT2D eigenvalue weighted by atomic mass is 16.8. The van der Waals surface area contributed by atoms with E-state index in [1.54, 1.807) is 32.0 Å². The molecule has 1 aromatic rings. The van der Waals surface area contributed by atoms with Crippen LogP contribution in [0.25, 0.3) is 0 Å². The first-order valence-corrected chi connectivity index (χ1v) is 16.3. The lowest BCUT2D eigenvalue weighted by molar-refractivity contribution is -0.181. The zero-order chi connectivity index (χ0) is 37.6. The third-order valence-corrected chi connectivity index (χ3v) is 9.50. The van der Waals surface area contributed by atoms with Crippen molar-refractivity contribution in [2.24, 2.45) is 34.8 Å². The summed E-state index contributed by atoms with van der Waals surface area (Å²) in [5, 5.41) is 23.6. The summed E-state index contributed by atoms with van der Waals surface area (Å²) in [6.07, 6.45) is -1.93. The second kappa shape index (κ2) is 14.0. The number of carbonyl (C=O) groups is 7. The molecule has 3 aliphatic carbocycles. The minimum absolute atomic E-state index is 0.0566. The zero-order valence-corrected chi connectivity index (χ0v) is 29.6. The standard InChI is InChI=1S/C34H46N4O12/c1-9-48-32(46)50-15-49-31(45)38(14-33(2,3)4)13-17-12-20(36(5)6)18-10-16-11-19-24(37(7)8)27(41)23(30(35)44)29(43)34(19,47)28(42)21(16)26(40)22(18)25(17)39/h12,16,19,21,23-24,39,47H,9-11,13-15H2,1-8H3,(H2,35,44)/t16-,19-,21?,23?,24-,34-/m0/s1. The van der Waals surface area contributed by atoms with Crippen molar-refractivity contribution in [1.29, 1.82) is 0 Å². The number of amides is 2. The van der Waals surface area contributed by atoms with Gasteiger partial charge in [0, 0.05) is 37.8 Å². The maximum Gasteiger partial charge on any atom is 0.511 e. The molecule has 1 aromatic carbocycles. The number of aromatic hydroxyl groups is 1. The third kappa shape index (κ3) is 6.77. The largest absolute Gasteiger partial charge is 0.511 e. The van der Waals surface area contributed by atoms with Gasteiger partial charge in [-0.25, -0.2) is 9.59 Å². The van der Waals surface area contributed by atoms with Crippen LogP contribution in [-0.2, 0) is 46.4 Å². The van der Waals surface area contributed by atoms with Gasteiger partial charge in [-0.05, 0) is 56.8 Å². The van der Waals surface area contributed by atoms with Crippen molar-refractivity contribution in [3.8, 4) is 5.75 Å². The molecular formula is C34H46N4O12. The maximum atomic E-state index is 14.4. The van der Waals surface area contributed by atoms with E-state index >= 15 is 0 Å². The average molecular weight is 703 g/mol. The number of hydrogen-bond donors (Lipinski definition) is 3. The van der Waals surface area contributed by atoms with Crippen molar-refractivity contribution in [2.45, 2.75) is 58.7 Å². The number of nitrogens with two attached hydrogens (primary N) is 1. The number of Topliss-reactive ketones (excluding diaryl/α,β-unsaturated/α-hetero) is 4. The molecule has 4 rings (SSSR count). The van der Waals surface area contributed by atoms with Crippen molar-refractivity contribution >= 4 is 47.0 Å². The molecule has 0 spiro atoms. The number of carbonyl (C=O) groups excluding carboxylic acids is 7. The number of phenolic OH excluding ortho intramolecular Hbond substituents is 1. The lowest BCUT2D eigenvalue weighted by Gasteiger charge is -2.52. The minimum atomic E-state index is -2.85. The van der Waals surface area contributed by atoms with E-state index in [9.17, 15) is 43.8 Å². The summed E-state index contributed by atoms with van der Waals surface area (Å²) in [4.78, 5) is 97.0. The number of benzene rings is 1. The minimum Gasteiger partial charge on any atom is -0.507 e. The molecule has 274 valence electrons. The van der Waals surface area contributed by atoms with E-state index < -0.39 is 94.6 Å². The molecule has 0 aromatic heterocycles. The second-order valence-electron chi connectivity index (χ2n) is 14.7. The normalized spacial score (nSPS) is 26.1. The Morgan fingerprint density at radius 2 is 1.66 bits per heavy atom. The van der Waals surface area contributed by atoms with Crippen LogP contribution in [-0.4, -0.2) is 121 Å². The number of hydrogen-bond acceptors (Lipinski definition) is 14. The Kier molecular flexibility index (Phi) is 10.7. The average Bonchev–Trinajstić information content (AvgIpc) is 2.98. The summed E-state index contributed by atoms with van der Waals surface area (Å²) in [6.45, 7) is 6.33. The molecule has 0 bridgehead atoms. The molecule has 2 saturated carbocycles. The number of ketones is 4. The first kappa shape index (κ1) is 38.2. The fraction of sp³-hybridized carbons (Fsp3) is 0.618. The predicted molar refractivity (Wildman–Crippen MR) is 175 cm³/mol. The molecule has 0 heterocycles. The van der Waals surface area contributed by atoms with Gasteiger partial charge in [-0.3, -0.25) is 28.9 Å². The summed E-state index contributed by atoms with van der Waals surface area (Å²) in [5.41, 5.74) is 2.93. The van der Waals surface area contributed by atoms with Crippen molar-refractivity contribution in [1.82, 2.24) is 9.80 Å². The lowest BCUT2D eigenvalue weighted by Crippen LogP contribution is -2.74. The number of likely N-dealkylation sites (N-methyl/N-ethyl adjacent to an activating group) is 1. The molecule has 0 aliphatic heterocycles. The van der Waals surface area contributed by atoms with Gasteiger partial charge in [0.1, 0.15) is 5.75 Å². The predicted octanol–water partition coefficient (Wildman–Crippen LogP) is 1.05. The van der Waals surface area contributed by atoms with Crippen molar-refractivity contribution in [2.75, 3.05) is 53.0 Å². The van der Waals surface area contributed by atoms with E-state index in [1.165, 1.54) is 23.9 Å². The van der Waals surface area contributed by atoms with E-state index in [-0.39, 0.29) is 43.7 Å². The summed E-state index contributed by atoms with van der Waals surface area (Å²) in [7, 11) is 6.47.